The molecule has 0 bridgehead atoms. The maximum Gasteiger partial charge on any atom is 0.376 e. The molecule has 1 atom stereocenters. The van der Waals surface area contributed by atoms with Crippen molar-refractivity contribution in [2.24, 2.45) is 0 Å². The van der Waals surface area contributed by atoms with Gasteiger partial charge in [-0.1, -0.05) is 49.8 Å². The summed E-state index contributed by atoms with van der Waals surface area (Å²) in [7, 11) is -2.54. The highest BCUT2D eigenvalue weighted by Gasteiger charge is 2.61. The molecule has 1 fully saturated rings. The molecule has 23 heavy (non-hydrogen) atoms. The van der Waals surface area contributed by atoms with E-state index in [1.807, 2.05) is 12.1 Å². The summed E-state index contributed by atoms with van der Waals surface area (Å²) in [5.41, 5.74) is 2.31. The molecule has 1 aliphatic rings. The SMILES string of the molecule is C=Cc1ccccc1C1(OCC)CCCC[Si]1(OCC)OCC. The summed E-state index contributed by atoms with van der Waals surface area (Å²) in [6, 6.07) is 9.38. The monoisotopic (exact) mass is 334 g/mol. The quantitative estimate of drug-likeness (QED) is 0.639. The second-order valence-electron chi connectivity index (χ2n) is 5.88. The first-order valence-corrected chi connectivity index (χ1v) is 10.9. The second kappa shape index (κ2) is 8.24. The van der Waals surface area contributed by atoms with Gasteiger partial charge in [0.15, 0.2) is 0 Å². The first kappa shape index (κ1) is 18.4. The molecule has 2 rings (SSSR count). The van der Waals surface area contributed by atoms with E-state index in [0.29, 0.717) is 19.8 Å². The van der Waals surface area contributed by atoms with Crippen LogP contribution in [0.5, 0.6) is 0 Å². The Morgan fingerprint density at radius 1 is 1.09 bits per heavy atom. The molecule has 1 aliphatic heterocycles. The third-order valence-electron chi connectivity index (χ3n) is 4.66. The topological polar surface area (TPSA) is 27.7 Å². The molecule has 1 unspecified atom stereocenters. The van der Waals surface area contributed by atoms with Gasteiger partial charge in [-0.05, 0) is 44.4 Å². The molecule has 1 heterocycles. The number of benzene rings is 1. The van der Waals surface area contributed by atoms with Crippen molar-refractivity contribution in [1.82, 2.24) is 0 Å². The van der Waals surface area contributed by atoms with Gasteiger partial charge in [0.2, 0.25) is 0 Å². The Hall–Kier alpha value is -0.943. The summed E-state index contributed by atoms with van der Waals surface area (Å²) in [6.07, 6.45) is 5.16. The van der Waals surface area contributed by atoms with Crippen LogP contribution in [0.3, 0.4) is 0 Å². The maximum absolute atomic E-state index is 6.48. The van der Waals surface area contributed by atoms with Crippen molar-refractivity contribution in [3.63, 3.8) is 0 Å². The van der Waals surface area contributed by atoms with E-state index in [0.717, 1.165) is 30.9 Å². The zero-order valence-corrected chi connectivity index (χ0v) is 15.8. The Morgan fingerprint density at radius 3 is 2.39 bits per heavy atom. The van der Waals surface area contributed by atoms with Crippen LogP contribution >= 0.6 is 0 Å². The third kappa shape index (κ3) is 3.31. The Balaban J connectivity index is 2.64. The average Bonchev–Trinajstić information content (AvgIpc) is 2.57. The lowest BCUT2D eigenvalue weighted by atomic mass is 9.97. The smallest absolute Gasteiger partial charge is 0.376 e. The fourth-order valence-corrected chi connectivity index (χ4v) is 8.35. The van der Waals surface area contributed by atoms with Gasteiger partial charge in [0, 0.05) is 19.8 Å². The van der Waals surface area contributed by atoms with E-state index < -0.39 is 13.8 Å². The Bertz CT molecular complexity index is 502. The minimum absolute atomic E-state index is 0.448. The minimum atomic E-state index is -2.54. The fraction of sp³-hybridized carbons (Fsp3) is 0.579. The lowest BCUT2D eigenvalue weighted by molar-refractivity contribution is -0.0448. The molecule has 1 aromatic rings. The van der Waals surface area contributed by atoms with E-state index in [9.17, 15) is 0 Å². The Morgan fingerprint density at radius 2 is 1.78 bits per heavy atom. The number of rotatable bonds is 8. The standard InChI is InChI=1S/C19H30O3Si/c1-5-17-13-9-10-14-18(17)19(20-6-2)15-11-12-16-23(19,21-7-3)22-8-4/h5,9-10,13-14H,1,6-8,11-12,15-16H2,2-4H3. The summed E-state index contributed by atoms with van der Waals surface area (Å²) in [6.45, 7) is 12.1. The van der Waals surface area contributed by atoms with Crippen LogP contribution in [0.15, 0.2) is 30.8 Å². The van der Waals surface area contributed by atoms with Crippen molar-refractivity contribution in [1.29, 1.82) is 0 Å². The molecule has 0 aliphatic carbocycles. The van der Waals surface area contributed by atoms with E-state index in [-0.39, 0.29) is 0 Å². The molecular formula is C19H30O3Si. The molecule has 1 aromatic carbocycles. The van der Waals surface area contributed by atoms with Crippen molar-refractivity contribution < 1.29 is 13.6 Å². The van der Waals surface area contributed by atoms with E-state index in [4.69, 9.17) is 13.6 Å². The van der Waals surface area contributed by atoms with Crippen LogP contribution in [0.25, 0.3) is 6.08 Å². The summed E-state index contributed by atoms with van der Waals surface area (Å²) >= 11 is 0. The largest absolute Gasteiger partial charge is 0.393 e. The summed E-state index contributed by atoms with van der Waals surface area (Å²) < 4.78 is 19.3. The average molecular weight is 335 g/mol. The predicted octanol–water partition coefficient (Wildman–Crippen LogP) is 4.80. The van der Waals surface area contributed by atoms with Crippen molar-refractivity contribution in [2.75, 3.05) is 19.8 Å². The molecule has 0 spiro atoms. The lowest BCUT2D eigenvalue weighted by Crippen LogP contribution is -2.64. The van der Waals surface area contributed by atoms with Crippen molar-refractivity contribution in [2.45, 2.75) is 51.3 Å². The Labute approximate surface area is 141 Å². The molecule has 0 saturated carbocycles. The molecule has 0 N–H and O–H groups in total. The first-order valence-electron chi connectivity index (χ1n) is 8.83. The normalized spacial score (nSPS) is 23.6. The summed E-state index contributed by atoms with van der Waals surface area (Å²) in [5, 5.41) is -0.448. The predicted molar refractivity (Wildman–Crippen MR) is 97.5 cm³/mol. The van der Waals surface area contributed by atoms with Crippen molar-refractivity contribution in [3.05, 3.63) is 42.0 Å². The summed E-state index contributed by atoms with van der Waals surface area (Å²) in [5.74, 6) is 0. The van der Waals surface area contributed by atoms with Crippen LogP contribution in [-0.2, 0) is 18.8 Å². The van der Waals surface area contributed by atoms with Gasteiger partial charge in [-0.3, -0.25) is 0 Å². The van der Waals surface area contributed by atoms with Crippen LogP contribution in [0.2, 0.25) is 6.04 Å². The van der Waals surface area contributed by atoms with Gasteiger partial charge in [0.25, 0.3) is 0 Å². The lowest BCUT2D eigenvalue weighted by Gasteiger charge is -2.50. The van der Waals surface area contributed by atoms with Gasteiger partial charge in [-0.25, -0.2) is 0 Å². The second-order valence-corrected chi connectivity index (χ2v) is 9.27. The van der Waals surface area contributed by atoms with Crippen molar-refractivity contribution >= 4 is 14.6 Å². The van der Waals surface area contributed by atoms with Gasteiger partial charge in [0.1, 0.15) is 5.22 Å². The molecule has 128 valence electrons. The van der Waals surface area contributed by atoms with Crippen LogP contribution < -0.4 is 0 Å². The van der Waals surface area contributed by atoms with E-state index in [1.165, 1.54) is 5.56 Å². The fourth-order valence-electron chi connectivity index (χ4n) is 3.90. The number of hydrogen-bond donors (Lipinski definition) is 0. The van der Waals surface area contributed by atoms with Gasteiger partial charge >= 0.3 is 8.56 Å². The molecular weight excluding hydrogens is 304 g/mol. The molecule has 0 radical (unpaired) electrons. The highest BCUT2D eigenvalue weighted by molar-refractivity contribution is 6.70. The molecule has 0 aromatic heterocycles. The van der Waals surface area contributed by atoms with E-state index >= 15 is 0 Å². The zero-order valence-electron chi connectivity index (χ0n) is 14.8. The highest BCUT2D eigenvalue weighted by Crippen LogP contribution is 2.48. The van der Waals surface area contributed by atoms with E-state index in [2.05, 4.69) is 45.5 Å². The first-order chi connectivity index (χ1) is 11.2. The molecule has 4 heteroatoms. The third-order valence-corrected chi connectivity index (χ3v) is 9.08. The van der Waals surface area contributed by atoms with Gasteiger partial charge in [-0.15, -0.1) is 0 Å². The zero-order chi connectivity index (χ0) is 16.8. The molecule has 3 nitrogen and oxygen atoms in total. The molecule has 0 amide bonds. The Kier molecular flexibility index (Phi) is 6.59. The van der Waals surface area contributed by atoms with Gasteiger partial charge < -0.3 is 13.6 Å². The van der Waals surface area contributed by atoms with Crippen molar-refractivity contribution in [3.8, 4) is 0 Å². The van der Waals surface area contributed by atoms with E-state index in [1.54, 1.807) is 0 Å². The number of hydrogen-bond acceptors (Lipinski definition) is 3. The van der Waals surface area contributed by atoms with Crippen LogP contribution in [0.1, 0.15) is 51.2 Å². The maximum atomic E-state index is 6.48. The number of ether oxygens (including phenoxy) is 1. The van der Waals surface area contributed by atoms with Crippen LogP contribution in [0.4, 0.5) is 0 Å². The minimum Gasteiger partial charge on any atom is -0.393 e. The van der Waals surface area contributed by atoms with Crippen LogP contribution in [0, 0.1) is 0 Å². The van der Waals surface area contributed by atoms with Crippen LogP contribution in [-0.4, -0.2) is 28.4 Å². The van der Waals surface area contributed by atoms with Gasteiger partial charge in [-0.2, -0.15) is 0 Å². The molecule has 1 saturated heterocycles. The summed E-state index contributed by atoms with van der Waals surface area (Å²) in [4.78, 5) is 0. The van der Waals surface area contributed by atoms with Gasteiger partial charge in [0.05, 0.1) is 0 Å². The highest BCUT2D eigenvalue weighted by atomic mass is 28.4.